The van der Waals surface area contributed by atoms with Crippen LogP contribution >= 0.6 is 0 Å². The monoisotopic (exact) mass is 337 g/mol. The third-order valence-corrected chi connectivity index (χ3v) is 4.70. The van der Waals surface area contributed by atoms with Crippen LogP contribution in [-0.4, -0.2) is 36.2 Å². The van der Waals surface area contributed by atoms with Crippen LogP contribution in [0.2, 0.25) is 0 Å². The molecule has 2 aromatic rings. The van der Waals surface area contributed by atoms with Crippen molar-refractivity contribution in [2.24, 2.45) is 5.92 Å². The van der Waals surface area contributed by atoms with Crippen molar-refractivity contribution in [1.82, 2.24) is 4.90 Å². The second-order valence-electron chi connectivity index (χ2n) is 6.42. The molecule has 1 fully saturated rings. The zero-order chi connectivity index (χ0) is 17.6. The van der Waals surface area contributed by atoms with Gasteiger partial charge in [-0.15, -0.1) is 0 Å². The Morgan fingerprint density at radius 1 is 1.20 bits per heavy atom. The number of hydrogen-bond acceptors (Lipinski definition) is 3. The topological polar surface area (TPSA) is 49.8 Å². The highest BCUT2D eigenvalue weighted by atomic mass is 16.5. The van der Waals surface area contributed by atoms with Crippen LogP contribution in [-0.2, 0) is 11.3 Å². The van der Waals surface area contributed by atoms with E-state index in [0.717, 1.165) is 25.4 Å². The van der Waals surface area contributed by atoms with Crippen molar-refractivity contribution in [1.29, 1.82) is 0 Å². The maximum absolute atomic E-state index is 11.0. The Kier molecular flexibility index (Phi) is 5.51. The fraction of sp³-hybridized carbons (Fsp3) is 0.286. The molecule has 0 amide bonds. The highest BCUT2D eigenvalue weighted by Gasteiger charge is 2.32. The normalized spacial score (nSPS) is 20.8. The van der Waals surface area contributed by atoms with Crippen molar-refractivity contribution >= 4 is 5.97 Å². The van der Waals surface area contributed by atoms with E-state index in [-0.39, 0.29) is 11.8 Å². The molecule has 1 aliphatic heterocycles. The number of carboxylic acids is 1. The number of ether oxygens (including phenoxy) is 1. The lowest BCUT2D eigenvalue weighted by Gasteiger charge is -2.17. The molecule has 0 aliphatic carbocycles. The Bertz CT molecular complexity index is 742. The fourth-order valence-electron chi connectivity index (χ4n) is 3.51. The van der Waals surface area contributed by atoms with Gasteiger partial charge in [-0.2, -0.15) is 0 Å². The molecule has 2 atom stereocenters. The van der Waals surface area contributed by atoms with Crippen molar-refractivity contribution in [3.05, 3.63) is 77.9 Å². The predicted molar refractivity (Wildman–Crippen MR) is 97.7 cm³/mol. The van der Waals surface area contributed by atoms with Gasteiger partial charge in [-0.05, 0) is 29.2 Å². The van der Waals surface area contributed by atoms with E-state index in [1.54, 1.807) is 7.11 Å². The summed E-state index contributed by atoms with van der Waals surface area (Å²) in [6.07, 6.45) is 3.10. The summed E-state index contributed by atoms with van der Waals surface area (Å²) in [5.41, 5.74) is 2.46. The van der Waals surface area contributed by atoms with Crippen molar-refractivity contribution in [2.75, 3.05) is 20.2 Å². The Morgan fingerprint density at radius 2 is 2.00 bits per heavy atom. The summed E-state index contributed by atoms with van der Waals surface area (Å²) in [5, 5.41) is 8.99. The molecule has 0 spiro atoms. The number of benzene rings is 2. The second kappa shape index (κ2) is 7.99. The van der Waals surface area contributed by atoms with Gasteiger partial charge in [0.15, 0.2) is 0 Å². The Morgan fingerprint density at radius 3 is 2.72 bits per heavy atom. The summed E-state index contributed by atoms with van der Waals surface area (Å²) in [4.78, 5) is 13.3. The Hall–Kier alpha value is -2.59. The molecule has 1 aliphatic rings. The summed E-state index contributed by atoms with van der Waals surface area (Å²) in [5.74, 6) is 0.368. The van der Waals surface area contributed by atoms with E-state index in [2.05, 4.69) is 29.2 Å². The first-order valence-electron chi connectivity index (χ1n) is 8.47. The van der Waals surface area contributed by atoms with Gasteiger partial charge in [-0.1, -0.05) is 48.5 Å². The number of nitrogens with zero attached hydrogens (tertiary/aromatic N) is 1. The molecule has 1 N–H and O–H groups in total. The van der Waals surface area contributed by atoms with E-state index >= 15 is 0 Å². The largest absolute Gasteiger partial charge is 0.497 e. The molecule has 2 unspecified atom stereocenters. The molecule has 1 saturated heterocycles. The standard InChI is InChI=1S/C21H23NO3/c1-25-19-9-5-8-17(12-19)20-15-22(13-16-6-3-2-4-7-16)14-18(20)10-11-21(23)24/h2-12,18,20H,13-15H2,1H3,(H,23,24). The van der Waals surface area contributed by atoms with E-state index in [1.807, 2.05) is 36.4 Å². The molecular weight excluding hydrogens is 314 g/mol. The molecule has 0 aromatic heterocycles. The van der Waals surface area contributed by atoms with Crippen LogP contribution in [0.5, 0.6) is 5.75 Å². The number of aliphatic carboxylic acids is 1. The smallest absolute Gasteiger partial charge is 0.327 e. The van der Waals surface area contributed by atoms with Gasteiger partial charge in [0.25, 0.3) is 0 Å². The van der Waals surface area contributed by atoms with Crippen LogP contribution in [0, 0.1) is 5.92 Å². The molecule has 25 heavy (non-hydrogen) atoms. The maximum atomic E-state index is 11.0. The van der Waals surface area contributed by atoms with Crippen molar-refractivity contribution in [2.45, 2.75) is 12.5 Å². The molecule has 2 aromatic carbocycles. The second-order valence-corrected chi connectivity index (χ2v) is 6.42. The lowest BCUT2D eigenvalue weighted by Crippen LogP contribution is -2.20. The zero-order valence-electron chi connectivity index (χ0n) is 14.3. The lowest BCUT2D eigenvalue weighted by atomic mass is 9.88. The van der Waals surface area contributed by atoms with E-state index in [4.69, 9.17) is 9.84 Å². The van der Waals surface area contributed by atoms with Crippen LogP contribution in [0.4, 0.5) is 0 Å². The molecule has 4 heteroatoms. The molecule has 1 heterocycles. The van der Waals surface area contributed by atoms with Crippen LogP contribution in [0.3, 0.4) is 0 Å². The van der Waals surface area contributed by atoms with E-state index in [9.17, 15) is 4.79 Å². The van der Waals surface area contributed by atoms with Crippen molar-refractivity contribution in [3.8, 4) is 5.75 Å². The number of carbonyl (C=O) groups is 1. The van der Waals surface area contributed by atoms with E-state index in [1.165, 1.54) is 17.2 Å². The maximum Gasteiger partial charge on any atom is 0.327 e. The van der Waals surface area contributed by atoms with E-state index < -0.39 is 5.97 Å². The first-order chi connectivity index (χ1) is 12.2. The zero-order valence-corrected chi connectivity index (χ0v) is 14.3. The number of likely N-dealkylation sites (tertiary alicyclic amines) is 1. The van der Waals surface area contributed by atoms with E-state index in [0.29, 0.717) is 0 Å². The SMILES string of the molecule is COc1cccc(C2CN(Cc3ccccc3)CC2C=CC(=O)O)c1. The van der Waals surface area contributed by atoms with Crippen LogP contribution in [0.1, 0.15) is 17.0 Å². The van der Waals surface area contributed by atoms with Gasteiger partial charge < -0.3 is 9.84 Å². The number of carboxylic acid groups (broad SMARTS) is 1. The van der Waals surface area contributed by atoms with Gasteiger partial charge in [-0.25, -0.2) is 4.79 Å². The first-order valence-corrected chi connectivity index (χ1v) is 8.47. The van der Waals surface area contributed by atoms with Crippen LogP contribution in [0.15, 0.2) is 66.7 Å². The minimum Gasteiger partial charge on any atom is -0.497 e. The minimum atomic E-state index is -0.897. The summed E-state index contributed by atoms with van der Waals surface area (Å²) in [7, 11) is 1.66. The van der Waals surface area contributed by atoms with Crippen molar-refractivity contribution in [3.63, 3.8) is 0 Å². The van der Waals surface area contributed by atoms with Gasteiger partial charge >= 0.3 is 5.97 Å². The predicted octanol–water partition coefficient (Wildman–Crippen LogP) is 3.55. The molecule has 0 bridgehead atoms. The Labute approximate surface area is 148 Å². The average molecular weight is 337 g/mol. The average Bonchev–Trinajstić information content (AvgIpc) is 3.03. The summed E-state index contributed by atoms with van der Waals surface area (Å²) in [6, 6.07) is 18.4. The molecule has 0 saturated carbocycles. The fourth-order valence-corrected chi connectivity index (χ4v) is 3.51. The molecule has 3 rings (SSSR count). The van der Waals surface area contributed by atoms with Crippen molar-refractivity contribution < 1.29 is 14.6 Å². The van der Waals surface area contributed by atoms with Gasteiger partial charge in [0.2, 0.25) is 0 Å². The van der Waals surface area contributed by atoms with Crippen LogP contribution < -0.4 is 4.74 Å². The number of hydrogen-bond donors (Lipinski definition) is 1. The number of methoxy groups -OCH3 is 1. The summed E-state index contributed by atoms with van der Waals surface area (Å²) in [6.45, 7) is 2.62. The first kappa shape index (κ1) is 17.2. The summed E-state index contributed by atoms with van der Waals surface area (Å²) >= 11 is 0. The quantitative estimate of drug-likeness (QED) is 0.819. The Balaban J connectivity index is 1.81. The molecular formula is C21H23NO3. The van der Waals surface area contributed by atoms with Gasteiger partial charge in [0.05, 0.1) is 7.11 Å². The van der Waals surface area contributed by atoms with Crippen LogP contribution in [0.25, 0.3) is 0 Å². The van der Waals surface area contributed by atoms with Gasteiger partial charge in [-0.3, -0.25) is 4.90 Å². The summed E-state index contributed by atoms with van der Waals surface area (Å²) < 4.78 is 5.34. The molecule has 0 radical (unpaired) electrons. The van der Waals surface area contributed by atoms with Gasteiger partial charge in [0, 0.05) is 31.6 Å². The highest BCUT2D eigenvalue weighted by molar-refractivity contribution is 5.79. The molecule has 4 nitrogen and oxygen atoms in total. The van der Waals surface area contributed by atoms with Gasteiger partial charge in [0.1, 0.15) is 5.75 Å². The number of rotatable bonds is 6. The minimum absolute atomic E-state index is 0.173. The molecule has 130 valence electrons. The third kappa shape index (κ3) is 4.48. The highest BCUT2D eigenvalue weighted by Crippen LogP contribution is 2.35. The lowest BCUT2D eigenvalue weighted by molar-refractivity contribution is -0.131. The third-order valence-electron chi connectivity index (χ3n) is 4.70.